The first-order valence-corrected chi connectivity index (χ1v) is 7.37. The van der Waals surface area contributed by atoms with Crippen LogP contribution in [0.5, 0.6) is 0 Å². The summed E-state index contributed by atoms with van der Waals surface area (Å²) in [5, 5.41) is 0.266. The minimum Gasteiger partial charge on any atom is -0.283 e. The molecule has 0 aromatic heterocycles. The monoisotopic (exact) mass is 310 g/mol. The van der Waals surface area contributed by atoms with E-state index in [-0.39, 0.29) is 16.9 Å². The van der Waals surface area contributed by atoms with Crippen LogP contribution in [0, 0.1) is 0 Å². The van der Waals surface area contributed by atoms with Crippen molar-refractivity contribution in [2.75, 3.05) is 13.1 Å². The van der Waals surface area contributed by atoms with Crippen LogP contribution >= 0.6 is 12.2 Å². The summed E-state index contributed by atoms with van der Waals surface area (Å²) in [5.41, 5.74) is 1.14. The molecule has 0 unspecified atom stereocenters. The molecule has 1 saturated heterocycles. The lowest BCUT2D eigenvalue weighted by atomic mass is 10.2. The summed E-state index contributed by atoms with van der Waals surface area (Å²) in [4.78, 5) is 27.9. The zero-order valence-corrected chi connectivity index (χ0v) is 12.6. The zero-order chi connectivity index (χ0) is 15.5. The highest BCUT2D eigenvalue weighted by atomic mass is 32.1. The average molecular weight is 310 g/mol. The number of carbonyl (C=O) groups is 2. The van der Waals surface area contributed by atoms with Crippen LogP contribution in [-0.4, -0.2) is 39.8 Å². The summed E-state index contributed by atoms with van der Waals surface area (Å²) in [6.45, 7) is 0.844. The molecule has 2 amide bonds. The maximum Gasteiger partial charge on any atom is 0.260 e. The molecule has 1 aliphatic heterocycles. The second kappa shape index (κ2) is 6.07. The number of hydrogen-bond acceptors (Lipinski definition) is 3. The van der Waals surface area contributed by atoms with Crippen molar-refractivity contribution in [2.45, 2.75) is 0 Å². The fourth-order valence-corrected chi connectivity index (χ4v) is 2.74. The molecule has 4 nitrogen and oxygen atoms in total. The summed E-state index contributed by atoms with van der Waals surface area (Å²) < 4.78 is 0. The Morgan fingerprint density at radius 3 is 1.45 bits per heavy atom. The van der Waals surface area contributed by atoms with Crippen molar-refractivity contribution >= 4 is 29.1 Å². The van der Waals surface area contributed by atoms with E-state index in [1.54, 1.807) is 48.5 Å². The van der Waals surface area contributed by atoms with Crippen LogP contribution in [0.15, 0.2) is 60.7 Å². The van der Waals surface area contributed by atoms with Gasteiger partial charge in [-0.25, -0.2) is 0 Å². The fourth-order valence-electron chi connectivity index (χ4n) is 2.39. The molecule has 0 bridgehead atoms. The second-order valence-electron chi connectivity index (χ2n) is 4.93. The third kappa shape index (κ3) is 2.63. The third-order valence-electron chi connectivity index (χ3n) is 3.54. The largest absolute Gasteiger partial charge is 0.283 e. The molecular formula is C17H14N2O2S. The van der Waals surface area contributed by atoms with Gasteiger partial charge in [-0.15, -0.1) is 0 Å². The standard InChI is InChI=1S/C17H14N2O2S/c20-15(13-7-3-1-4-8-13)18-11-12-19(17(18)22)16(21)14-9-5-2-6-10-14/h1-10H,11-12H2. The Bertz CT molecular complexity index is 654. The van der Waals surface area contributed by atoms with Crippen molar-refractivity contribution < 1.29 is 9.59 Å². The topological polar surface area (TPSA) is 40.6 Å². The number of hydrogen-bond donors (Lipinski definition) is 0. The molecule has 1 heterocycles. The van der Waals surface area contributed by atoms with Gasteiger partial charge in [0, 0.05) is 24.2 Å². The lowest BCUT2D eigenvalue weighted by Crippen LogP contribution is -2.38. The molecular weight excluding hydrogens is 296 g/mol. The molecule has 0 atom stereocenters. The van der Waals surface area contributed by atoms with E-state index >= 15 is 0 Å². The van der Waals surface area contributed by atoms with Gasteiger partial charge in [-0.1, -0.05) is 36.4 Å². The van der Waals surface area contributed by atoms with Crippen LogP contribution < -0.4 is 0 Å². The molecule has 5 heteroatoms. The van der Waals surface area contributed by atoms with Crippen molar-refractivity contribution in [2.24, 2.45) is 0 Å². The normalized spacial score (nSPS) is 14.3. The van der Waals surface area contributed by atoms with Crippen LogP contribution in [0.4, 0.5) is 0 Å². The summed E-state index contributed by atoms with van der Waals surface area (Å²) in [7, 11) is 0. The van der Waals surface area contributed by atoms with E-state index in [2.05, 4.69) is 0 Å². The summed E-state index contributed by atoms with van der Waals surface area (Å²) in [6, 6.07) is 17.9. The zero-order valence-electron chi connectivity index (χ0n) is 11.8. The third-order valence-corrected chi connectivity index (χ3v) is 3.98. The highest BCUT2D eigenvalue weighted by Crippen LogP contribution is 2.16. The Morgan fingerprint density at radius 1 is 0.727 bits per heavy atom. The highest BCUT2D eigenvalue weighted by molar-refractivity contribution is 7.80. The maximum absolute atomic E-state index is 12.5. The predicted octanol–water partition coefficient (Wildman–Crippen LogP) is 2.57. The number of thiocarbonyl (C=S) groups is 1. The van der Waals surface area contributed by atoms with Crippen molar-refractivity contribution in [3.05, 3.63) is 71.8 Å². The first-order chi connectivity index (χ1) is 10.7. The highest BCUT2D eigenvalue weighted by Gasteiger charge is 2.34. The predicted molar refractivity (Wildman–Crippen MR) is 87.6 cm³/mol. The van der Waals surface area contributed by atoms with Crippen molar-refractivity contribution in [1.82, 2.24) is 9.80 Å². The first-order valence-electron chi connectivity index (χ1n) is 6.96. The molecule has 2 aromatic rings. The van der Waals surface area contributed by atoms with Crippen molar-refractivity contribution in [1.29, 1.82) is 0 Å². The molecule has 0 radical (unpaired) electrons. The summed E-state index contributed by atoms with van der Waals surface area (Å²) in [6.07, 6.45) is 0. The molecule has 22 heavy (non-hydrogen) atoms. The smallest absolute Gasteiger partial charge is 0.260 e. The van der Waals surface area contributed by atoms with Gasteiger partial charge in [0.15, 0.2) is 5.11 Å². The van der Waals surface area contributed by atoms with E-state index in [9.17, 15) is 9.59 Å². The molecule has 0 spiro atoms. The lowest BCUT2D eigenvalue weighted by molar-refractivity contribution is 0.0857. The van der Waals surface area contributed by atoms with Crippen LogP contribution in [0.3, 0.4) is 0 Å². The lowest BCUT2D eigenvalue weighted by Gasteiger charge is -2.19. The van der Waals surface area contributed by atoms with Gasteiger partial charge < -0.3 is 0 Å². The summed E-state index contributed by atoms with van der Waals surface area (Å²) in [5.74, 6) is -0.345. The summed E-state index contributed by atoms with van der Waals surface area (Å²) >= 11 is 5.32. The Kier molecular flexibility index (Phi) is 3.98. The second-order valence-corrected chi connectivity index (χ2v) is 5.29. The Labute approximate surface area is 134 Å². The van der Waals surface area contributed by atoms with Crippen molar-refractivity contribution in [3.8, 4) is 0 Å². The molecule has 1 fully saturated rings. The van der Waals surface area contributed by atoms with Crippen LogP contribution in [0.1, 0.15) is 20.7 Å². The Hall–Kier alpha value is -2.53. The van der Waals surface area contributed by atoms with Crippen LogP contribution in [0.2, 0.25) is 0 Å². The molecule has 1 aliphatic rings. The van der Waals surface area contributed by atoms with Gasteiger partial charge in [0.2, 0.25) is 0 Å². The molecule has 110 valence electrons. The minimum atomic E-state index is -0.172. The van der Waals surface area contributed by atoms with Gasteiger partial charge in [0.25, 0.3) is 11.8 Å². The molecule has 0 N–H and O–H groups in total. The Balaban J connectivity index is 1.78. The van der Waals surface area contributed by atoms with E-state index in [0.29, 0.717) is 24.2 Å². The quantitative estimate of drug-likeness (QED) is 0.801. The van der Waals surface area contributed by atoms with E-state index < -0.39 is 0 Å². The number of rotatable bonds is 2. The molecule has 2 aromatic carbocycles. The van der Waals surface area contributed by atoms with Crippen molar-refractivity contribution in [3.63, 3.8) is 0 Å². The van der Waals surface area contributed by atoms with Gasteiger partial charge in [-0.05, 0) is 36.5 Å². The molecule has 0 saturated carbocycles. The first kappa shape index (κ1) is 14.4. The van der Waals surface area contributed by atoms with Gasteiger partial charge in [0.1, 0.15) is 0 Å². The average Bonchev–Trinajstić information content (AvgIpc) is 2.96. The van der Waals surface area contributed by atoms with Gasteiger partial charge >= 0.3 is 0 Å². The van der Waals surface area contributed by atoms with Gasteiger partial charge in [-0.3, -0.25) is 19.4 Å². The number of amides is 2. The molecule has 0 aliphatic carbocycles. The SMILES string of the molecule is O=C(c1ccccc1)N1CCN(C(=O)c2ccccc2)C1=S. The minimum absolute atomic E-state index is 0.172. The van der Waals surface area contributed by atoms with E-state index in [1.165, 1.54) is 9.80 Å². The number of benzene rings is 2. The maximum atomic E-state index is 12.5. The molecule has 3 rings (SSSR count). The van der Waals surface area contributed by atoms with E-state index in [1.807, 2.05) is 12.1 Å². The van der Waals surface area contributed by atoms with E-state index in [0.717, 1.165) is 0 Å². The van der Waals surface area contributed by atoms with Gasteiger partial charge in [-0.2, -0.15) is 0 Å². The number of carbonyl (C=O) groups excluding carboxylic acids is 2. The van der Waals surface area contributed by atoms with Crippen LogP contribution in [-0.2, 0) is 0 Å². The Morgan fingerprint density at radius 2 is 1.09 bits per heavy atom. The van der Waals surface area contributed by atoms with Gasteiger partial charge in [0.05, 0.1) is 0 Å². The van der Waals surface area contributed by atoms with Crippen LogP contribution in [0.25, 0.3) is 0 Å². The van der Waals surface area contributed by atoms with E-state index in [4.69, 9.17) is 12.2 Å². The number of nitrogens with zero attached hydrogens (tertiary/aromatic N) is 2. The fraction of sp³-hybridized carbons (Fsp3) is 0.118.